The third kappa shape index (κ3) is 2.31. The average Bonchev–Trinajstić information content (AvgIpc) is 2.32. The second-order valence-corrected chi connectivity index (χ2v) is 3.72. The van der Waals surface area contributed by atoms with Crippen LogP contribution in [0, 0.1) is 6.92 Å². The van der Waals surface area contributed by atoms with E-state index >= 15 is 0 Å². The van der Waals surface area contributed by atoms with Gasteiger partial charge in [0, 0.05) is 30.3 Å². The molecule has 0 aliphatic rings. The van der Waals surface area contributed by atoms with Gasteiger partial charge in [-0.25, -0.2) is 0 Å². The molecular formula is C13H15N3. The van der Waals surface area contributed by atoms with Crippen molar-refractivity contribution in [2.45, 2.75) is 13.5 Å². The maximum absolute atomic E-state index is 5.85. The Morgan fingerprint density at radius 3 is 2.69 bits per heavy atom. The third-order valence-corrected chi connectivity index (χ3v) is 2.65. The minimum absolute atomic E-state index is 0.779. The number of hydrogen-bond acceptors (Lipinski definition) is 3. The van der Waals surface area contributed by atoms with Crippen LogP contribution in [0.2, 0.25) is 0 Å². The van der Waals surface area contributed by atoms with Crippen LogP contribution in [0.5, 0.6) is 0 Å². The Bertz CT molecular complexity index is 466. The van der Waals surface area contributed by atoms with Crippen LogP contribution in [0.15, 0.2) is 42.7 Å². The standard InChI is InChI=1S/C13H15N3/c1-10-11(3-2-4-13(10)14)9-16-12-5-7-15-8-6-12/h2-8H,9,14H2,1H3,(H,15,16). The van der Waals surface area contributed by atoms with E-state index in [0.717, 1.165) is 23.5 Å². The molecule has 1 aromatic carbocycles. The number of anilines is 2. The van der Waals surface area contributed by atoms with Gasteiger partial charge in [0.2, 0.25) is 0 Å². The highest BCUT2D eigenvalue weighted by Gasteiger charge is 2.00. The number of nitrogens with one attached hydrogen (secondary N) is 1. The van der Waals surface area contributed by atoms with Crippen LogP contribution in [-0.2, 0) is 6.54 Å². The lowest BCUT2D eigenvalue weighted by atomic mass is 10.1. The number of nitrogens with two attached hydrogens (primary N) is 1. The third-order valence-electron chi connectivity index (χ3n) is 2.65. The lowest BCUT2D eigenvalue weighted by molar-refractivity contribution is 1.12. The highest BCUT2D eigenvalue weighted by Crippen LogP contribution is 2.16. The maximum atomic E-state index is 5.85. The molecule has 0 aliphatic carbocycles. The van der Waals surface area contributed by atoms with E-state index in [1.165, 1.54) is 5.56 Å². The number of pyridine rings is 1. The van der Waals surface area contributed by atoms with Crippen LogP contribution in [0.25, 0.3) is 0 Å². The van der Waals surface area contributed by atoms with Gasteiger partial charge in [-0.3, -0.25) is 4.98 Å². The van der Waals surface area contributed by atoms with Crippen molar-refractivity contribution in [1.29, 1.82) is 0 Å². The lowest BCUT2D eigenvalue weighted by Gasteiger charge is -2.10. The molecule has 2 rings (SSSR count). The molecule has 0 saturated heterocycles. The molecule has 2 aromatic rings. The molecule has 0 atom stereocenters. The molecule has 16 heavy (non-hydrogen) atoms. The van der Waals surface area contributed by atoms with Crippen LogP contribution < -0.4 is 11.1 Å². The second-order valence-electron chi connectivity index (χ2n) is 3.72. The summed E-state index contributed by atoms with van der Waals surface area (Å²) in [6.07, 6.45) is 3.54. The predicted molar refractivity (Wildman–Crippen MR) is 67.2 cm³/mol. The quantitative estimate of drug-likeness (QED) is 0.770. The van der Waals surface area contributed by atoms with Gasteiger partial charge in [-0.1, -0.05) is 12.1 Å². The summed E-state index contributed by atoms with van der Waals surface area (Å²) in [6.45, 7) is 2.82. The summed E-state index contributed by atoms with van der Waals surface area (Å²) in [5, 5.41) is 3.33. The molecular weight excluding hydrogens is 198 g/mol. The Morgan fingerprint density at radius 1 is 1.19 bits per heavy atom. The van der Waals surface area contributed by atoms with Gasteiger partial charge in [-0.05, 0) is 36.2 Å². The first-order chi connectivity index (χ1) is 7.77. The Hall–Kier alpha value is -2.03. The summed E-state index contributed by atoms with van der Waals surface area (Å²) in [5.74, 6) is 0. The highest BCUT2D eigenvalue weighted by atomic mass is 14.9. The summed E-state index contributed by atoms with van der Waals surface area (Å²) < 4.78 is 0. The molecule has 1 aromatic heterocycles. The van der Waals surface area contributed by atoms with Gasteiger partial charge in [0.1, 0.15) is 0 Å². The van der Waals surface area contributed by atoms with Crippen molar-refractivity contribution in [2.75, 3.05) is 11.1 Å². The zero-order chi connectivity index (χ0) is 11.4. The van der Waals surface area contributed by atoms with Crippen LogP contribution >= 0.6 is 0 Å². The van der Waals surface area contributed by atoms with E-state index in [2.05, 4.69) is 16.4 Å². The first-order valence-electron chi connectivity index (χ1n) is 5.25. The lowest BCUT2D eigenvalue weighted by Crippen LogP contribution is -2.03. The summed E-state index contributed by atoms with van der Waals surface area (Å²) in [7, 11) is 0. The molecule has 0 saturated carbocycles. The van der Waals surface area contributed by atoms with E-state index in [4.69, 9.17) is 5.73 Å². The molecule has 3 nitrogen and oxygen atoms in total. The van der Waals surface area contributed by atoms with Gasteiger partial charge < -0.3 is 11.1 Å². The van der Waals surface area contributed by atoms with Gasteiger partial charge in [0.25, 0.3) is 0 Å². The maximum Gasteiger partial charge on any atom is 0.0404 e. The number of aromatic nitrogens is 1. The van der Waals surface area contributed by atoms with Gasteiger partial charge >= 0.3 is 0 Å². The van der Waals surface area contributed by atoms with Crippen molar-refractivity contribution in [2.24, 2.45) is 0 Å². The SMILES string of the molecule is Cc1c(N)cccc1CNc1ccncc1. The number of hydrogen-bond donors (Lipinski definition) is 2. The number of benzene rings is 1. The fourth-order valence-corrected chi connectivity index (χ4v) is 1.56. The van der Waals surface area contributed by atoms with Crippen molar-refractivity contribution >= 4 is 11.4 Å². The van der Waals surface area contributed by atoms with E-state index < -0.39 is 0 Å². The minimum Gasteiger partial charge on any atom is -0.399 e. The topological polar surface area (TPSA) is 50.9 Å². The molecule has 0 radical (unpaired) electrons. The van der Waals surface area contributed by atoms with E-state index in [1.807, 2.05) is 31.2 Å². The van der Waals surface area contributed by atoms with Crippen molar-refractivity contribution in [1.82, 2.24) is 4.98 Å². The summed E-state index contributed by atoms with van der Waals surface area (Å²) in [5.41, 5.74) is 10.1. The fourth-order valence-electron chi connectivity index (χ4n) is 1.56. The zero-order valence-electron chi connectivity index (χ0n) is 9.27. The summed E-state index contributed by atoms with van der Waals surface area (Å²) >= 11 is 0. The Kier molecular flexibility index (Phi) is 3.05. The number of nitrogen functional groups attached to an aromatic ring is 1. The normalized spacial score (nSPS) is 10.1. The van der Waals surface area contributed by atoms with Gasteiger partial charge in [0.15, 0.2) is 0 Å². The Balaban J connectivity index is 2.08. The Morgan fingerprint density at radius 2 is 1.94 bits per heavy atom. The summed E-state index contributed by atoms with van der Waals surface area (Å²) in [4.78, 5) is 3.97. The minimum atomic E-state index is 0.779. The fraction of sp³-hybridized carbons (Fsp3) is 0.154. The van der Waals surface area contributed by atoms with Crippen molar-refractivity contribution in [3.8, 4) is 0 Å². The molecule has 82 valence electrons. The van der Waals surface area contributed by atoms with E-state index in [1.54, 1.807) is 12.4 Å². The van der Waals surface area contributed by atoms with Crippen LogP contribution in [0.3, 0.4) is 0 Å². The molecule has 3 N–H and O–H groups in total. The largest absolute Gasteiger partial charge is 0.399 e. The van der Waals surface area contributed by atoms with E-state index in [9.17, 15) is 0 Å². The highest BCUT2D eigenvalue weighted by molar-refractivity contribution is 5.51. The van der Waals surface area contributed by atoms with Crippen molar-refractivity contribution < 1.29 is 0 Å². The smallest absolute Gasteiger partial charge is 0.0404 e. The number of rotatable bonds is 3. The average molecular weight is 213 g/mol. The molecule has 0 aliphatic heterocycles. The summed E-state index contributed by atoms with van der Waals surface area (Å²) in [6, 6.07) is 9.88. The van der Waals surface area contributed by atoms with Gasteiger partial charge in [-0.2, -0.15) is 0 Å². The molecule has 0 fully saturated rings. The van der Waals surface area contributed by atoms with Crippen LogP contribution in [0.1, 0.15) is 11.1 Å². The molecule has 3 heteroatoms. The Labute approximate surface area is 95.3 Å². The monoisotopic (exact) mass is 213 g/mol. The first kappa shape index (κ1) is 10.5. The molecule has 0 unspecified atom stereocenters. The molecule has 0 spiro atoms. The van der Waals surface area contributed by atoms with E-state index in [-0.39, 0.29) is 0 Å². The molecule has 0 amide bonds. The van der Waals surface area contributed by atoms with Crippen LogP contribution in [-0.4, -0.2) is 4.98 Å². The molecule has 0 bridgehead atoms. The second kappa shape index (κ2) is 4.66. The molecule has 1 heterocycles. The predicted octanol–water partition coefficient (Wildman–Crippen LogP) is 2.58. The van der Waals surface area contributed by atoms with Crippen LogP contribution in [0.4, 0.5) is 11.4 Å². The first-order valence-corrected chi connectivity index (χ1v) is 5.25. The van der Waals surface area contributed by atoms with Crippen molar-refractivity contribution in [3.63, 3.8) is 0 Å². The number of nitrogens with zero attached hydrogens (tertiary/aromatic N) is 1. The van der Waals surface area contributed by atoms with Gasteiger partial charge in [0.05, 0.1) is 0 Å². The van der Waals surface area contributed by atoms with E-state index in [0.29, 0.717) is 0 Å². The van der Waals surface area contributed by atoms with Crippen molar-refractivity contribution in [3.05, 3.63) is 53.9 Å². The van der Waals surface area contributed by atoms with Gasteiger partial charge in [-0.15, -0.1) is 0 Å². The zero-order valence-corrected chi connectivity index (χ0v) is 9.27.